The first kappa shape index (κ1) is 17.8. The quantitative estimate of drug-likeness (QED) is 0.775. The molecule has 3 rings (SSSR count). The molecule has 0 unspecified atom stereocenters. The fraction of sp³-hybridized carbons (Fsp3) is 0.0476. The summed E-state index contributed by atoms with van der Waals surface area (Å²) >= 11 is 0. The van der Waals surface area contributed by atoms with E-state index in [0.29, 0.717) is 11.3 Å². The number of carbonyl (C=O) groups excluding carboxylic acids is 2. The number of hydrogen-bond donors (Lipinski definition) is 1. The number of rotatable bonds is 4. The van der Waals surface area contributed by atoms with Gasteiger partial charge < -0.3 is 10.2 Å². The molecule has 0 bridgehead atoms. The van der Waals surface area contributed by atoms with Crippen molar-refractivity contribution in [3.05, 3.63) is 89.7 Å². The summed E-state index contributed by atoms with van der Waals surface area (Å²) in [7, 11) is 1.65. The third kappa shape index (κ3) is 3.99. The zero-order chi connectivity index (χ0) is 19.2. The summed E-state index contributed by atoms with van der Waals surface area (Å²) < 4.78 is 0. The van der Waals surface area contributed by atoms with Gasteiger partial charge in [0.25, 0.3) is 11.8 Å². The van der Waals surface area contributed by atoms with Crippen molar-refractivity contribution in [2.75, 3.05) is 17.3 Å². The van der Waals surface area contributed by atoms with Gasteiger partial charge in [-0.3, -0.25) is 9.59 Å². The first-order valence-corrected chi connectivity index (χ1v) is 8.21. The molecular formula is C21H16N4O2. The summed E-state index contributed by atoms with van der Waals surface area (Å²) in [5.41, 5.74) is 1.71. The summed E-state index contributed by atoms with van der Waals surface area (Å²) in [4.78, 5) is 30.8. The van der Waals surface area contributed by atoms with E-state index in [1.54, 1.807) is 43.4 Å². The molecule has 3 aromatic rings. The van der Waals surface area contributed by atoms with E-state index in [2.05, 4.69) is 10.3 Å². The maximum atomic E-state index is 12.7. The lowest BCUT2D eigenvalue weighted by atomic mass is 10.2. The van der Waals surface area contributed by atoms with Crippen LogP contribution in [0.5, 0.6) is 0 Å². The molecule has 0 aliphatic rings. The molecule has 1 N–H and O–H groups in total. The van der Waals surface area contributed by atoms with E-state index >= 15 is 0 Å². The molecule has 2 amide bonds. The van der Waals surface area contributed by atoms with Crippen LogP contribution in [0, 0.1) is 11.3 Å². The fourth-order valence-electron chi connectivity index (χ4n) is 2.50. The van der Waals surface area contributed by atoms with Gasteiger partial charge in [-0.25, -0.2) is 4.98 Å². The van der Waals surface area contributed by atoms with Crippen molar-refractivity contribution in [1.82, 2.24) is 4.98 Å². The van der Waals surface area contributed by atoms with Crippen LogP contribution >= 0.6 is 0 Å². The first-order valence-electron chi connectivity index (χ1n) is 8.21. The van der Waals surface area contributed by atoms with Crippen LogP contribution in [0.1, 0.15) is 26.5 Å². The zero-order valence-electron chi connectivity index (χ0n) is 14.6. The van der Waals surface area contributed by atoms with E-state index in [-0.39, 0.29) is 17.3 Å². The Balaban J connectivity index is 1.82. The number of carbonyl (C=O) groups is 2. The summed E-state index contributed by atoms with van der Waals surface area (Å²) in [6.45, 7) is 0. The molecule has 0 atom stereocenters. The average molecular weight is 356 g/mol. The van der Waals surface area contributed by atoms with Crippen LogP contribution in [-0.4, -0.2) is 23.8 Å². The Labute approximate surface area is 156 Å². The van der Waals surface area contributed by atoms with Gasteiger partial charge in [0.15, 0.2) is 0 Å². The van der Waals surface area contributed by atoms with E-state index in [1.165, 1.54) is 11.0 Å². The third-order valence-electron chi connectivity index (χ3n) is 3.94. The van der Waals surface area contributed by atoms with Gasteiger partial charge in [0.2, 0.25) is 0 Å². The van der Waals surface area contributed by atoms with Crippen LogP contribution < -0.4 is 10.2 Å². The SMILES string of the molecule is CN(C(=O)c1cccc(C(=O)Nc2ccccc2C#N)n1)c1ccccc1. The molecule has 6 heteroatoms. The largest absolute Gasteiger partial charge is 0.319 e. The summed E-state index contributed by atoms with van der Waals surface area (Å²) in [6.07, 6.45) is 0. The molecule has 1 aromatic heterocycles. The van der Waals surface area contributed by atoms with E-state index in [0.717, 1.165) is 5.69 Å². The summed E-state index contributed by atoms with van der Waals surface area (Å²) in [5.74, 6) is -0.817. The lowest BCUT2D eigenvalue weighted by molar-refractivity contribution is 0.0988. The Morgan fingerprint density at radius 3 is 2.33 bits per heavy atom. The Bertz CT molecular complexity index is 1030. The van der Waals surface area contributed by atoms with E-state index in [4.69, 9.17) is 5.26 Å². The monoisotopic (exact) mass is 356 g/mol. The highest BCUT2D eigenvalue weighted by molar-refractivity contribution is 6.07. The average Bonchev–Trinajstić information content (AvgIpc) is 2.73. The molecule has 0 aliphatic heterocycles. The minimum absolute atomic E-state index is 0.0926. The standard InChI is InChI=1S/C21H16N4O2/c1-25(16-9-3-2-4-10-16)21(27)19-13-7-12-18(23-19)20(26)24-17-11-6-5-8-15(17)14-22/h2-13H,1H3,(H,24,26). The van der Waals surface area contributed by atoms with Crippen LogP contribution in [0.3, 0.4) is 0 Å². The van der Waals surface area contributed by atoms with Crippen molar-refractivity contribution in [2.45, 2.75) is 0 Å². The zero-order valence-corrected chi connectivity index (χ0v) is 14.6. The lowest BCUT2D eigenvalue weighted by Gasteiger charge is -2.17. The molecule has 0 spiro atoms. The Morgan fingerprint density at radius 2 is 1.59 bits per heavy atom. The number of anilines is 2. The topological polar surface area (TPSA) is 86.1 Å². The molecule has 0 radical (unpaired) electrons. The Morgan fingerprint density at radius 1 is 0.926 bits per heavy atom. The second-order valence-corrected chi connectivity index (χ2v) is 5.72. The van der Waals surface area contributed by atoms with Gasteiger partial charge >= 0.3 is 0 Å². The minimum Gasteiger partial charge on any atom is -0.319 e. The molecule has 1 heterocycles. The maximum absolute atomic E-state index is 12.7. The van der Waals surface area contributed by atoms with E-state index < -0.39 is 5.91 Å². The third-order valence-corrected chi connectivity index (χ3v) is 3.94. The van der Waals surface area contributed by atoms with Crippen molar-refractivity contribution in [2.24, 2.45) is 0 Å². The number of para-hydroxylation sites is 2. The lowest BCUT2D eigenvalue weighted by Crippen LogP contribution is -2.27. The van der Waals surface area contributed by atoms with Crippen LogP contribution in [0.2, 0.25) is 0 Å². The molecular weight excluding hydrogens is 340 g/mol. The molecule has 0 aliphatic carbocycles. The number of aromatic nitrogens is 1. The summed E-state index contributed by atoms with van der Waals surface area (Å²) in [6, 6.07) is 22.5. The molecule has 6 nitrogen and oxygen atoms in total. The van der Waals surface area contributed by atoms with Gasteiger partial charge in [-0.1, -0.05) is 36.4 Å². The highest BCUT2D eigenvalue weighted by Crippen LogP contribution is 2.16. The smallest absolute Gasteiger partial charge is 0.276 e. The van der Waals surface area contributed by atoms with Crippen LogP contribution in [0.25, 0.3) is 0 Å². The fourth-order valence-corrected chi connectivity index (χ4v) is 2.50. The van der Waals surface area contributed by atoms with Gasteiger partial charge in [-0.15, -0.1) is 0 Å². The van der Waals surface area contributed by atoms with Crippen molar-refractivity contribution in [1.29, 1.82) is 5.26 Å². The Kier molecular flexibility index (Phi) is 5.24. The maximum Gasteiger partial charge on any atom is 0.276 e. The molecule has 0 fully saturated rings. The second-order valence-electron chi connectivity index (χ2n) is 5.72. The van der Waals surface area contributed by atoms with Crippen molar-refractivity contribution < 1.29 is 9.59 Å². The second kappa shape index (κ2) is 7.93. The van der Waals surface area contributed by atoms with Crippen LogP contribution in [0.4, 0.5) is 11.4 Å². The summed E-state index contributed by atoms with van der Waals surface area (Å²) in [5, 5.41) is 11.8. The van der Waals surface area contributed by atoms with Gasteiger partial charge in [-0.05, 0) is 36.4 Å². The number of nitriles is 1. The predicted molar refractivity (Wildman–Crippen MR) is 103 cm³/mol. The molecule has 0 saturated heterocycles. The Hall–Kier alpha value is -3.98. The van der Waals surface area contributed by atoms with Crippen molar-refractivity contribution in [3.8, 4) is 6.07 Å². The van der Waals surface area contributed by atoms with Gasteiger partial charge in [0.1, 0.15) is 17.5 Å². The number of nitrogens with one attached hydrogen (secondary N) is 1. The normalized spacial score (nSPS) is 9.93. The number of benzene rings is 2. The number of nitrogens with zero attached hydrogens (tertiary/aromatic N) is 3. The van der Waals surface area contributed by atoms with Gasteiger partial charge in [0, 0.05) is 12.7 Å². The van der Waals surface area contributed by atoms with Gasteiger partial charge in [0.05, 0.1) is 11.3 Å². The first-order chi connectivity index (χ1) is 13.1. The molecule has 132 valence electrons. The molecule has 2 aromatic carbocycles. The number of pyridine rings is 1. The van der Waals surface area contributed by atoms with E-state index in [9.17, 15) is 9.59 Å². The highest BCUT2D eigenvalue weighted by atomic mass is 16.2. The number of amides is 2. The van der Waals surface area contributed by atoms with Crippen LogP contribution in [0.15, 0.2) is 72.8 Å². The van der Waals surface area contributed by atoms with Crippen LogP contribution in [-0.2, 0) is 0 Å². The molecule has 27 heavy (non-hydrogen) atoms. The van der Waals surface area contributed by atoms with E-state index in [1.807, 2.05) is 36.4 Å². The minimum atomic E-state index is -0.491. The predicted octanol–water partition coefficient (Wildman–Crippen LogP) is 3.48. The molecule has 0 saturated carbocycles. The van der Waals surface area contributed by atoms with Gasteiger partial charge in [-0.2, -0.15) is 5.26 Å². The van der Waals surface area contributed by atoms with Crippen molar-refractivity contribution >= 4 is 23.2 Å². The van der Waals surface area contributed by atoms with Crippen molar-refractivity contribution in [3.63, 3.8) is 0 Å². The number of hydrogen-bond acceptors (Lipinski definition) is 4. The highest BCUT2D eigenvalue weighted by Gasteiger charge is 2.17.